The van der Waals surface area contributed by atoms with Crippen LogP contribution in [0, 0.1) is 12.7 Å². The van der Waals surface area contributed by atoms with E-state index in [1.54, 1.807) is 6.07 Å². The van der Waals surface area contributed by atoms with Crippen LogP contribution in [0.1, 0.15) is 36.1 Å². The summed E-state index contributed by atoms with van der Waals surface area (Å²) < 4.78 is 13.6. The van der Waals surface area contributed by atoms with E-state index in [1.807, 2.05) is 25.1 Å². The lowest BCUT2D eigenvalue weighted by molar-refractivity contribution is 0.585. The Labute approximate surface area is 135 Å². The molecule has 21 heavy (non-hydrogen) atoms. The highest BCUT2D eigenvalue weighted by molar-refractivity contribution is 6.31. The first-order chi connectivity index (χ1) is 10.0. The van der Waals surface area contributed by atoms with Crippen molar-refractivity contribution >= 4 is 23.2 Å². The van der Waals surface area contributed by atoms with Gasteiger partial charge in [0, 0.05) is 10.0 Å². The van der Waals surface area contributed by atoms with Gasteiger partial charge in [-0.15, -0.1) is 0 Å². The van der Waals surface area contributed by atoms with Gasteiger partial charge in [-0.3, -0.25) is 0 Å². The van der Waals surface area contributed by atoms with Crippen molar-refractivity contribution in [2.24, 2.45) is 0 Å². The molecule has 0 saturated carbocycles. The molecule has 0 aliphatic rings. The Bertz CT molecular complexity index is 608. The number of nitrogens with one attached hydrogen (secondary N) is 1. The Morgan fingerprint density at radius 1 is 1.14 bits per heavy atom. The quantitative estimate of drug-likeness (QED) is 0.762. The number of hydrogen-bond donors (Lipinski definition) is 1. The minimum Gasteiger partial charge on any atom is -0.306 e. The van der Waals surface area contributed by atoms with Gasteiger partial charge in [-0.05, 0) is 66.9 Å². The summed E-state index contributed by atoms with van der Waals surface area (Å²) in [7, 11) is 0. The lowest BCUT2D eigenvalue weighted by Crippen LogP contribution is -2.23. The van der Waals surface area contributed by atoms with Crippen LogP contribution in [0.25, 0.3) is 0 Å². The highest BCUT2D eigenvalue weighted by atomic mass is 35.5. The van der Waals surface area contributed by atoms with Gasteiger partial charge in [0.15, 0.2) is 0 Å². The van der Waals surface area contributed by atoms with Gasteiger partial charge in [0.05, 0.1) is 6.04 Å². The molecule has 0 fully saturated rings. The highest BCUT2D eigenvalue weighted by Crippen LogP contribution is 2.31. The van der Waals surface area contributed by atoms with E-state index in [0.29, 0.717) is 10.0 Å². The normalized spacial score (nSPS) is 12.4. The van der Waals surface area contributed by atoms with Gasteiger partial charge in [-0.1, -0.05) is 36.2 Å². The van der Waals surface area contributed by atoms with E-state index in [2.05, 4.69) is 12.2 Å². The summed E-state index contributed by atoms with van der Waals surface area (Å²) in [6, 6.07) is 10.1. The van der Waals surface area contributed by atoms with Gasteiger partial charge in [-0.2, -0.15) is 0 Å². The maximum atomic E-state index is 13.6. The molecule has 1 nitrogen and oxygen atoms in total. The molecule has 1 atom stereocenters. The molecule has 1 N–H and O–H groups in total. The van der Waals surface area contributed by atoms with Crippen LogP contribution in [0.4, 0.5) is 4.39 Å². The first-order valence-corrected chi connectivity index (χ1v) is 7.72. The second-order valence-corrected chi connectivity index (χ2v) is 5.96. The molecule has 112 valence electrons. The molecule has 0 heterocycles. The van der Waals surface area contributed by atoms with Crippen LogP contribution in [-0.2, 0) is 0 Å². The number of hydrogen-bond acceptors (Lipinski definition) is 1. The third-order valence-corrected chi connectivity index (χ3v) is 3.83. The van der Waals surface area contributed by atoms with Crippen molar-refractivity contribution in [2.75, 3.05) is 6.54 Å². The Balaban J connectivity index is 2.49. The van der Waals surface area contributed by atoms with Crippen LogP contribution in [0.15, 0.2) is 36.4 Å². The third-order valence-electron chi connectivity index (χ3n) is 3.27. The molecule has 0 spiro atoms. The topological polar surface area (TPSA) is 12.0 Å². The van der Waals surface area contributed by atoms with Crippen molar-refractivity contribution in [2.45, 2.75) is 26.3 Å². The molecule has 0 aliphatic carbocycles. The van der Waals surface area contributed by atoms with Gasteiger partial charge >= 0.3 is 0 Å². The van der Waals surface area contributed by atoms with E-state index in [9.17, 15) is 4.39 Å². The van der Waals surface area contributed by atoms with Crippen LogP contribution in [0.5, 0.6) is 0 Å². The Hall–Kier alpha value is -1.09. The maximum Gasteiger partial charge on any atom is 0.123 e. The highest BCUT2D eigenvalue weighted by Gasteiger charge is 2.18. The molecule has 0 bridgehead atoms. The van der Waals surface area contributed by atoms with Crippen molar-refractivity contribution in [3.8, 4) is 0 Å². The molecular weight excluding hydrogens is 308 g/mol. The Morgan fingerprint density at radius 3 is 2.57 bits per heavy atom. The SMILES string of the molecule is CCCNC(c1cc(C)cc(Cl)c1)c1cc(F)ccc1Cl. The smallest absolute Gasteiger partial charge is 0.123 e. The fourth-order valence-electron chi connectivity index (χ4n) is 2.36. The lowest BCUT2D eigenvalue weighted by atomic mass is 9.97. The summed E-state index contributed by atoms with van der Waals surface area (Å²) in [5.74, 6) is -0.295. The zero-order valence-electron chi connectivity index (χ0n) is 12.1. The number of aryl methyl sites for hydroxylation is 1. The molecule has 2 rings (SSSR count). The zero-order valence-corrected chi connectivity index (χ0v) is 13.6. The standard InChI is InChI=1S/C17H18Cl2FN/c1-3-6-21-17(12-7-11(2)8-13(18)9-12)15-10-14(20)4-5-16(15)19/h4-5,7-10,17,21H,3,6H2,1-2H3. The van der Waals surface area contributed by atoms with Crippen molar-refractivity contribution in [3.63, 3.8) is 0 Å². The fraction of sp³-hybridized carbons (Fsp3) is 0.294. The molecule has 0 radical (unpaired) electrons. The fourth-order valence-corrected chi connectivity index (χ4v) is 2.89. The van der Waals surface area contributed by atoms with Gasteiger partial charge in [0.25, 0.3) is 0 Å². The monoisotopic (exact) mass is 325 g/mol. The van der Waals surface area contributed by atoms with Gasteiger partial charge in [0.2, 0.25) is 0 Å². The molecule has 2 aromatic rings. The summed E-state index contributed by atoms with van der Waals surface area (Å²) in [4.78, 5) is 0. The number of rotatable bonds is 5. The third kappa shape index (κ3) is 4.19. The van der Waals surface area contributed by atoms with Crippen molar-refractivity contribution < 1.29 is 4.39 Å². The lowest BCUT2D eigenvalue weighted by Gasteiger charge is -2.21. The van der Waals surface area contributed by atoms with Crippen molar-refractivity contribution in [1.29, 1.82) is 0 Å². The van der Waals surface area contributed by atoms with E-state index in [-0.39, 0.29) is 11.9 Å². The van der Waals surface area contributed by atoms with Gasteiger partial charge in [0.1, 0.15) is 5.82 Å². The number of halogens is 3. The largest absolute Gasteiger partial charge is 0.306 e. The maximum absolute atomic E-state index is 13.6. The summed E-state index contributed by atoms with van der Waals surface area (Å²) >= 11 is 12.4. The van der Waals surface area contributed by atoms with E-state index in [0.717, 1.165) is 29.7 Å². The molecule has 4 heteroatoms. The van der Waals surface area contributed by atoms with Gasteiger partial charge in [-0.25, -0.2) is 4.39 Å². The second-order valence-electron chi connectivity index (χ2n) is 5.11. The summed E-state index contributed by atoms with van der Waals surface area (Å²) in [5.41, 5.74) is 2.78. The molecule has 1 unspecified atom stereocenters. The van der Waals surface area contributed by atoms with Crippen molar-refractivity contribution in [3.05, 3.63) is 69.0 Å². The van der Waals surface area contributed by atoms with Crippen LogP contribution in [0.2, 0.25) is 10.0 Å². The molecule has 0 aromatic heterocycles. The van der Waals surface area contributed by atoms with Crippen LogP contribution in [0.3, 0.4) is 0 Å². The Kier molecular flexibility index (Phi) is 5.63. The van der Waals surface area contributed by atoms with Gasteiger partial charge < -0.3 is 5.32 Å². The molecular formula is C17H18Cl2FN. The zero-order chi connectivity index (χ0) is 15.4. The van der Waals surface area contributed by atoms with Crippen LogP contribution >= 0.6 is 23.2 Å². The average Bonchev–Trinajstić information content (AvgIpc) is 2.42. The minimum absolute atomic E-state index is 0.175. The van der Waals surface area contributed by atoms with E-state index < -0.39 is 0 Å². The average molecular weight is 326 g/mol. The van der Waals surface area contributed by atoms with E-state index in [1.165, 1.54) is 12.1 Å². The second kappa shape index (κ2) is 7.26. The first-order valence-electron chi connectivity index (χ1n) is 6.96. The molecule has 0 amide bonds. The van der Waals surface area contributed by atoms with Crippen LogP contribution in [-0.4, -0.2) is 6.54 Å². The number of benzene rings is 2. The van der Waals surface area contributed by atoms with E-state index in [4.69, 9.17) is 23.2 Å². The van der Waals surface area contributed by atoms with E-state index >= 15 is 0 Å². The predicted octanol–water partition coefficient (Wildman–Crippen LogP) is 5.53. The first kappa shape index (κ1) is 16.3. The molecule has 0 aliphatic heterocycles. The predicted molar refractivity (Wildman–Crippen MR) is 87.7 cm³/mol. The minimum atomic E-state index is -0.295. The summed E-state index contributed by atoms with van der Waals surface area (Å²) in [6.07, 6.45) is 0.975. The molecule has 0 saturated heterocycles. The van der Waals surface area contributed by atoms with Crippen LogP contribution < -0.4 is 5.32 Å². The Morgan fingerprint density at radius 2 is 1.90 bits per heavy atom. The summed E-state index contributed by atoms with van der Waals surface area (Å²) in [6.45, 7) is 4.88. The molecule has 2 aromatic carbocycles. The van der Waals surface area contributed by atoms with Crippen molar-refractivity contribution in [1.82, 2.24) is 5.32 Å². The summed E-state index contributed by atoms with van der Waals surface area (Å²) in [5, 5.41) is 4.63.